The molecule has 1 aromatic rings. The topological polar surface area (TPSA) is 37.3 Å². The molecule has 0 aliphatic carbocycles. The number of allylic oxidation sites excluding steroid dienone is 1. The number of ketones is 1. The summed E-state index contributed by atoms with van der Waals surface area (Å²) >= 11 is 0. The van der Waals surface area contributed by atoms with Crippen molar-refractivity contribution < 1.29 is 23.1 Å². The van der Waals surface area contributed by atoms with Gasteiger partial charge in [0.2, 0.25) is 0 Å². The van der Waals surface area contributed by atoms with Gasteiger partial charge in [-0.25, -0.2) is 0 Å². The molecule has 0 aromatic heterocycles. The van der Waals surface area contributed by atoms with Crippen molar-refractivity contribution in [2.24, 2.45) is 0 Å². The second-order valence-corrected chi connectivity index (χ2v) is 2.76. The molecule has 16 heavy (non-hydrogen) atoms. The number of aliphatic hydroxyl groups is 1. The van der Waals surface area contributed by atoms with Crippen LogP contribution in [-0.4, -0.2) is 40.4 Å². The number of carbonyl (C=O) groups is 1. The van der Waals surface area contributed by atoms with Gasteiger partial charge in [0.15, 0.2) is 5.78 Å². The second kappa shape index (κ2) is 6.08. The van der Waals surface area contributed by atoms with Crippen LogP contribution in [0.4, 0.5) is 13.2 Å². The maximum absolute atomic E-state index is 12.2. The fourth-order valence-electron chi connectivity index (χ4n) is 1.01. The van der Waals surface area contributed by atoms with Crippen LogP contribution in [0, 0.1) is 0 Å². The zero-order valence-corrected chi connectivity index (χ0v) is 7.45. The van der Waals surface area contributed by atoms with Gasteiger partial charge in [0.1, 0.15) is 0 Å². The van der Waals surface area contributed by atoms with Crippen LogP contribution in [0.1, 0.15) is 15.9 Å². The molecule has 0 aliphatic rings. The molecule has 0 atom stereocenters. The molecule has 0 unspecified atom stereocenters. The molecule has 1 aromatic carbocycles. The van der Waals surface area contributed by atoms with Crippen LogP contribution >= 0.6 is 0 Å². The number of hydrogen-bond acceptors (Lipinski definition) is 2. The van der Waals surface area contributed by atoms with Crippen LogP contribution in [0.15, 0.2) is 36.6 Å². The Hall–Kier alpha value is -0.780. The summed E-state index contributed by atoms with van der Waals surface area (Å²) in [4.78, 5) is 11.1. The van der Waals surface area contributed by atoms with Gasteiger partial charge >= 0.3 is 35.7 Å². The molecule has 0 saturated heterocycles. The Balaban J connectivity index is 0.00000225. The Morgan fingerprint density at radius 1 is 1.31 bits per heavy atom. The van der Waals surface area contributed by atoms with E-state index < -0.39 is 17.5 Å². The molecule has 1 N–H and O–H groups in total. The molecule has 0 heterocycles. The Kier molecular flexibility index (Phi) is 5.78. The van der Waals surface area contributed by atoms with Crippen molar-refractivity contribution in [2.45, 2.75) is 6.18 Å². The number of halogens is 3. The van der Waals surface area contributed by atoms with Gasteiger partial charge in [-0.15, -0.1) is 0 Å². The minimum absolute atomic E-state index is 0. The number of alkyl halides is 3. The molecule has 0 bridgehead atoms. The zero-order chi connectivity index (χ0) is 11.5. The molecule has 82 valence electrons. The number of benzene rings is 1. The van der Waals surface area contributed by atoms with E-state index in [0.717, 1.165) is 24.3 Å². The third-order valence-electron chi connectivity index (χ3n) is 1.70. The Bertz CT molecular complexity index is 399. The van der Waals surface area contributed by atoms with Gasteiger partial charge < -0.3 is 5.11 Å². The molecular formula is C10H8F3NaO2. The van der Waals surface area contributed by atoms with Crippen molar-refractivity contribution in [3.05, 3.63) is 47.7 Å². The van der Waals surface area contributed by atoms with Crippen LogP contribution in [0.25, 0.3) is 0 Å². The molecule has 0 saturated carbocycles. The van der Waals surface area contributed by atoms with Crippen molar-refractivity contribution in [3.63, 3.8) is 0 Å². The number of rotatable bonds is 2. The fourth-order valence-corrected chi connectivity index (χ4v) is 1.01. The monoisotopic (exact) mass is 240 g/mol. The second-order valence-electron chi connectivity index (χ2n) is 2.76. The molecule has 0 aliphatic heterocycles. The van der Waals surface area contributed by atoms with E-state index >= 15 is 0 Å². The molecule has 6 heteroatoms. The summed E-state index contributed by atoms with van der Waals surface area (Å²) in [5.41, 5.74) is -1.00. The number of hydrogen-bond donors (Lipinski definition) is 1. The van der Waals surface area contributed by atoms with Crippen molar-refractivity contribution in [3.8, 4) is 0 Å². The van der Waals surface area contributed by atoms with E-state index in [1.807, 2.05) is 0 Å². The average Bonchev–Trinajstić information content (AvgIpc) is 2.17. The summed E-state index contributed by atoms with van der Waals surface area (Å²) in [6.07, 6.45) is -3.20. The van der Waals surface area contributed by atoms with Crippen LogP contribution < -0.4 is 0 Å². The first-order valence-corrected chi connectivity index (χ1v) is 3.97. The Morgan fingerprint density at radius 3 is 2.44 bits per heavy atom. The Morgan fingerprint density at radius 2 is 1.94 bits per heavy atom. The SMILES string of the molecule is O=C(C=CO)c1cccc(C(F)(F)F)c1.[NaH]. The summed E-state index contributed by atoms with van der Waals surface area (Å²) in [5.74, 6) is -0.677. The molecule has 0 radical (unpaired) electrons. The molecule has 1 rings (SSSR count). The summed E-state index contributed by atoms with van der Waals surface area (Å²) < 4.78 is 36.7. The standard InChI is InChI=1S/C10H7F3O2.Na.H/c11-10(12,13)8-3-1-2-7(6-8)9(15)4-5-14;;/h1-6,14H;;. The third-order valence-corrected chi connectivity index (χ3v) is 1.70. The van der Waals surface area contributed by atoms with E-state index in [0.29, 0.717) is 6.26 Å². The van der Waals surface area contributed by atoms with E-state index in [4.69, 9.17) is 5.11 Å². The third kappa shape index (κ3) is 4.00. The molecule has 2 nitrogen and oxygen atoms in total. The predicted molar refractivity (Wildman–Crippen MR) is 54.7 cm³/mol. The molecule has 0 amide bonds. The van der Waals surface area contributed by atoms with Crippen molar-refractivity contribution in [2.75, 3.05) is 0 Å². The summed E-state index contributed by atoms with van der Waals surface area (Å²) in [5, 5.41) is 8.30. The zero-order valence-electron chi connectivity index (χ0n) is 7.45. The van der Waals surface area contributed by atoms with Crippen LogP contribution in [0.3, 0.4) is 0 Å². The van der Waals surface area contributed by atoms with Gasteiger partial charge in [-0.3, -0.25) is 4.79 Å². The van der Waals surface area contributed by atoms with Crippen molar-refractivity contribution in [1.82, 2.24) is 0 Å². The van der Waals surface area contributed by atoms with E-state index in [9.17, 15) is 18.0 Å². The first-order valence-electron chi connectivity index (χ1n) is 3.97. The van der Waals surface area contributed by atoms with E-state index in [2.05, 4.69) is 0 Å². The van der Waals surface area contributed by atoms with Gasteiger partial charge in [0.25, 0.3) is 0 Å². The quantitative estimate of drug-likeness (QED) is 0.373. The molecule has 0 fully saturated rings. The van der Waals surface area contributed by atoms with Gasteiger partial charge in [0.05, 0.1) is 11.8 Å². The molecular weight excluding hydrogens is 232 g/mol. The van der Waals surface area contributed by atoms with E-state index in [-0.39, 0.29) is 35.1 Å². The average molecular weight is 240 g/mol. The van der Waals surface area contributed by atoms with Gasteiger partial charge in [-0.05, 0) is 12.1 Å². The Labute approximate surface area is 112 Å². The van der Waals surface area contributed by atoms with E-state index in [1.54, 1.807) is 0 Å². The van der Waals surface area contributed by atoms with E-state index in [1.165, 1.54) is 6.07 Å². The van der Waals surface area contributed by atoms with Crippen LogP contribution in [0.2, 0.25) is 0 Å². The van der Waals surface area contributed by atoms with Gasteiger partial charge in [-0.1, -0.05) is 12.1 Å². The normalized spacial score (nSPS) is 11.2. The first-order chi connectivity index (χ1) is 6.95. The number of carbonyl (C=O) groups excluding carboxylic acids is 1. The van der Waals surface area contributed by atoms with Crippen molar-refractivity contribution in [1.29, 1.82) is 0 Å². The van der Waals surface area contributed by atoms with Gasteiger partial charge in [-0.2, -0.15) is 13.2 Å². The minimum atomic E-state index is -4.47. The number of aliphatic hydroxyl groups excluding tert-OH is 1. The molecule has 0 spiro atoms. The maximum atomic E-state index is 12.2. The fraction of sp³-hybridized carbons (Fsp3) is 0.100. The van der Waals surface area contributed by atoms with Gasteiger partial charge in [0, 0.05) is 11.6 Å². The van der Waals surface area contributed by atoms with Crippen LogP contribution in [0.5, 0.6) is 0 Å². The summed E-state index contributed by atoms with van der Waals surface area (Å²) in [7, 11) is 0. The van der Waals surface area contributed by atoms with Crippen LogP contribution in [-0.2, 0) is 6.18 Å². The summed E-state index contributed by atoms with van der Waals surface area (Å²) in [6.45, 7) is 0. The predicted octanol–water partition coefficient (Wildman–Crippen LogP) is 2.31. The summed E-state index contributed by atoms with van der Waals surface area (Å²) in [6, 6.07) is 4.00. The van der Waals surface area contributed by atoms with Crippen molar-refractivity contribution >= 4 is 35.3 Å². The first kappa shape index (κ1) is 15.2.